The Bertz CT molecular complexity index is 584. The summed E-state index contributed by atoms with van der Waals surface area (Å²) < 4.78 is 13.5. The molecular formula is C15H11BrFN. The summed E-state index contributed by atoms with van der Waals surface area (Å²) in [6, 6.07) is 14.6. The Morgan fingerprint density at radius 1 is 1.11 bits per heavy atom. The second kappa shape index (κ2) is 6.23. The minimum atomic E-state index is -0.268. The van der Waals surface area contributed by atoms with Crippen LogP contribution >= 0.6 is 15.9 Å². The molecule has 2 aromatic rings. The van der Waals surface area contributed by atoms with E-state index in [1.54, 1.807) is 12.1 Å². The van der Waals surface area contributed by atoms with Crippen LogP contribution in [-0.4, -0.2) is 6.54 Å². The highest BCUT2D eigenvalue weighted by molar-refractivity contribution is 9.10. The number of hydrogen-bond donors (Lipinski definition) is 1. The fourth-order valence-electron chi connectivity index (χ4n) is 1.42. The van der Waals surface area contributed by atoms with E-state index >= 15 is 0 Å². The highest BCUT2D eigenvalue weighted by atomic mass is 79.9. The lowest BCUT2D eigenvalue weighted by Gasteiger charge is -2.02. The third kappa shape index (κ3) is 3.61. The summed E-state index contributed by atoms with van der Waals surface area (Å²) in [7, 11) is 0. The van der Waals surface area contributed by atoms with Gasteiger partial charge >= 0.3 is 0 Å². The van der Waals surface area contributed by atoms with E-state index in [1.807, 2.05) is 30.3 Å². The summed E-state index contributed by atoms with van der Waals surface area (Å²) in [5, 5.41) is 3.11. The van der Waals surface area contributed by atoms with Crippen molar-refractivity contribution in [1.82, 2.24) is 0 Å². The molecule has 18 heavy (non-hydrogen) atoms. The molecule has 0 aliphatic rings. The molecule has 3 heteroatoms. The van der Waals surface area contributed by atoms with Crippen LogP contribution in [0.25, 0.3) is 0 Å². The summed E-state index contributed by atoms with van der Waals surface area (Å²) in [6.07, 6.45) is 0. The summed E-state index contributed by atoms with van der Waals surface area (Å²) in [5.41, 5.74) is 1.82. The zero-order chi connectivity index (χ0) is 12.8. The number of anilines is 1. The first-order valence-electron chi connectivity index (χ1n) is 5.48. The Balaban J connectivity index is 1.93. The standard InChI is InChI=1S/C15H11BrFN/c16-14-11-13(8-9-15(14)17)18-10-4-7-12-5-2-1-3-6-12/h1-3,5-6,8-9,11,18H,10H2. The highest BCUT2D eigenvalue weighted by Gasteiger charge is 1.98. The quantitative estimate of drug-likeness (QED) is 0.825. The molecule has 0 heterocycles. The maximum absolute atomic E-state index is 13.0. The van der Waals surface area contributed by atoms with E-state index < -0.39 is 0 Å². The van der Waals surface area contributed by atoms with Gasteiger partial charge in [-0.05, 0) is 46.3 Å². The third-order valence-corrected chi connectivity index (χ3v) is 2.91. The van der Waals surface area contributed by atoms with Gasteiger partial charge < -0.3 is 5.32 Å². The van der Waals surface area contributed by atoms with Crippen molar-refractivity contribution in [1.29, 1.82) is 0 Å². The smallest absolute Gasteiger partial charge is 0.137 e. The molecule has 2 rings (SSSR count). The molecule has 0 spiro atoms. The summed E-state index contributed by atoms with van der Waals surface area (Å²) in [6.45, 7) is 0.521. The van der Waals surface area contributed by atoms with Crippen molar-refractivity contribution in [2.24, 2.45) is 0 Å². The summed E-state index contributed by atoms with van der Waals surface area (Å²) >= 11 is 3.14. The normalized spacial score (nSPS) is 9.44. The lowest BCUT2D eigenvalue weighted by molar-refractivity contribution is 0.621. The Morgan fingerprint density at radius 2 is 1.89 bits per heavy atom. The van der Waals surface area contributed by atoms with Crippen LogP contribution in [0.3, 0.4) is 0 Å². The van der Waals surface area contributed by atoms with E-state index in [9.17, 15) is 4.39 Å². The number of rotatable bonds is 2. The molecule has 0 aliphatic heterocycles. The lowest BCUT2D eigenvalue weighted by Crippen LogP contribution is -1.98. The maximum atomic E-state index is 13.0. The largest absolute Gasteiger partial charge is 0.374 e. The monoisotopic (exact) mass is 303 g/mol. The number of nitrogens with one attached hydrogen (secondary N) is 1. The van der Waals surface area contributed by atoms with E-state index in [2.05, 4.69) is 33.1 Å². The summed E-state index contributed by atoms with van der Waals surface area (Å²) in [5.74, 6) is 5.79. The minimum Gasteiger partial charge on any atom is -0.374 e. The topological polar surface area (TPSA) is 12.0 Å². The molecule has 0 bridgehead atoms. The van der Waals surface area contributed by atoms with Crippen molar-refractivity contribution >= 4 is 21.6 Å². The molecule has 0 amide bonds. The van der Waals surface area contributed by atoms with E-state index in [0.29, 0.717) is 11.0 Å². The van der Waals surface area contributed by atoms with Crippen LogP contribution in [0.1, 0.15) is 5.56 Å². The van der Waals surface area contributed by atoms with Gasteiger partial charge in [-0.3, -0.25) is 0 Å². The molecule has 0 atom stereocenters. The van der Waals surface area contributed by atoms with Gasteiger partial charge in [0.1, 0.15) is 5.82 Å². The second-order valence-electron chi connectivity index (χ2n) is 3.65. The zero-order valence-corrected chi connectivity index (χ0v) is 11.2. The highest BCUT2D eigenvalue weighted by Crippen LogP contribution is 2.19. The van der Waals surface area contributed by atoms with Crippen molar-refractivity contribution in [2.45, 2.75) is 0 Å². The van der Waals surface area contributed by atoms with Crippen LogP contribution in [0.4, 0.5) is 10.1 Å². The number of benzene rings is 2. The fraction of sp³-hybridized carbons (Fsp3) is 0.0667. The Labute approximate surface area is 114 Å². The van der Waals surface area contributed by atoms with Gasteiger partial charge in [0.2, 0.25) is 0 Å². The van der Waals surface area contributed by atoms with Crippen molar-refractivity contribution in [3.63, 3.8) is 0 Å². The molecule has 0 fully saturated rings. The van der Waals surface area contributed by atoms with Crippen LogP contribution in [0.2, 0.25) is 0 Å². The number of halogens is 2. The first-order valence-corrected chi connectivity index (χ1v) is 6.28. The van der Waals surface area contributed by atoms with Crippen LogP contribution < -0.4 is 5.32 Å². The number of hydrogen-bond acceptors (Lipinski definition) is 1. The fourth-order valence-corrected chi connectivity index (χ4v) is 1.80. The first kappa shape index (κ1) is 12.7. The lowest BCUT2D eigenvalue weighted by atomic mass is 10.2. The van der Waals surface area contributed by atoms with Gasteiger partial charge in [0.25, 0.3) is 0 Å². The molecular weight excluding hydrogens is 293 g/mol. The minimum absolute atomic E-state index is 0.268. The third-order valence-electron chi connectivity index (χ3n) is 2.31. The van der Waals surface area contributed by atoms with Crippen LogP contribution in [0.15, 0.2) is 53.0 Å². The van der Waals surface area contributed by atoms with Gasteiger partial charge in [0, 0.05) is 11.3 Å². The molecule has 0 aliphatic carbocycles. The van der Waals surface area contributed by atoms with Crippen molar-refractivity contribution in [2.75, 3.05) is 11.9 Å². The Kier molecular flexibility index (Phi) is 4.38. The van der Waals surface area contributed by atoms with E-state index in [-0.39, 0.29) is 5.82 Å². The maximum Gasteiger partial charge on any atom is 0.137 e. The van der Waals surface area contributed by atoms with Gasteiger partial charge in [-0.15, -0.1) is 0 Å². The van der Waals surface area contributed by atoms with Gasteiger partial charge in [-0.25, -0.2) is 4.39 Å². The molecule has 90 valence electrons. The van der Waals surface area contributed by atoms with Crippen LogP contribution in [0, 0.1) is 17.7 Å². The molecule has 0 saturated carbocycles. The SMILES string of the molecule is Fc1ccc(NCC#Cc2ccccc2)cc1Br. The van der Waals surface area contributed by atoms with Crippen LogP contribution in [-0.2, 0) is 0 Å². The van der Waals surface area contributed by atoms with E-state index in [0.717, 1.165) is 11.3 Å². The molecule has 2 aromatic carbocycles. The van der Waals surface area contributed by atoms with Crippen molar-refractivity contribution < 1.29 is 4.39 Å². The van der Waals surface area contributed by atoms with Gasteiger partial charge in [-0.1, -0.05) is 30.0 Å². The molecule has 0 saturated heterocycles. The van der Waals surface area contributed by atoms with Gasteiger partial charge in [-0.2, -0.15) is 0 Å². The zero-order valence-electron chi connectivity index (χ0n) is 9.58. The molecule has 1 N–H and O–H groups in total. The Hall–Kier alpha value is -1.79. The van der Waals surface area contributed by atoms with Crippen LogP contribution in [0.5, 0.6) is 0 Å². The predicted molar refractivity (Wildman–Crippen MR) is 75.9 cm³/mol. The molecule has 1 nitrogen and oxygen atoms in total. The van der Waals surface area contributed by atoms with Crippen molar-refractivity contribution in [3.05, 3.63) is 64.4 Å². The van der Waals surface area contributed by atoms with Gasteiger partial charge in [0.15, 0.2) is 0 Å². The Morgan fingerprint density at radius 3 is 2.61 bits per heavy atom. The van der Waals surface area contributed by atoms with E-state index in [1.165, 1.54) is 6.07 Å². The second-order valence-corrected chi connectivity index (χ2v) is 4.50. The predicted octanol–water partition coefficient (Wildman–Crippen LogP) is 4.05. The molecule has 0 unspecified atom stereocenters. The van der Waals surface area contributed by atoms with Gasteiger partial charge in [0.05, 0.1) is 11.0 Å². The average Bonchev–Trinajstić information content (AvgIpc) is 2.40. The summed E-state index contributed by atoms with van der Waals surface area (Å²) in [4.78, 5) is 0. The molecule has 0 aromatic heterocycles. The first-order chi connectivity index (χ1) is 8.75. The van der Waals surface area contributed by atoms with E-state index in [4.69, 9.17) is 0 Å². The molecule has 0 radical (unpaired) electrons. The average molecular weight is 304 g/mol. The van der Waals surface area contributed by atoms with Crippen molar-refractivity contribution in [3.8, 4) is 11.8 Å².